The first-order valence-corrected chi connectivity index (χ1v) is 13.5. The van der Waals surface area contributed by atoms with Gasteiger partial charge in [-0.3, -0.25) is 0 Å². The van der Waals surface area contributed by atoms with Crippen LogP contribution in [0.25, 0.3) is 0 Å². The highest BCUT2D eigenvalue weighted by molar-refractivity contribution is 9.09. The van der Waals surface area contributed by atoms with Crippen molar-refractivity contribution < 1.29 is 18.7 Å². The van der Waals surface area contributed by atoms with Gasteiger partial charge in [-0.25, -0.2) is 4.39 Å². The normalized spacial score (nSPS) is 13.3. The molecule has 0 radical (unpaired) electrons. The lowest BCUT2D eigenvalue weighted by Gasteiger charge is -2.36. The molecule has 0 heterocycles. The van der Waals surface area contributed by atoms with Crippen LogP contribution in [0.2, 0.25) is 18.1 Å². The molecule has 0 aliphatic carbocycles. The zero-order valence-electron chi connectivity index (χ0n) is 17.3. The average Bonchev–Trinajstić information content (AvgIpc) is 2.61. The van der Waals surface area contributed by atoms with Gasteiger partial charge in [0.1, 0.15) is 23.4 Å². The molecule has 28 heavy (non-hydrogen) atoms. The van der Waals surface area contributed by atoms with E-state index in [4.69, 9.17) is 9.16 Å². The second-order valence-corrected chi connectivity index (χ2v) is 13.9. The summed E-state index contributed by atoms with van der Waals surface area (Å²) in [6.07, 6.45) is -0.200. The van der Waals surface area contributed by atoms with E-state index < -0.39 is 20.2 Å². The van der Waals surface area contributed by atoms with Gasteiger partial charge in [0.25, 0.3) is 0 Å². The molecule has 0 amide bonds. The van der Waals surface area contributed by atoms with E-state index in [1.807, 2.05) is 12.1 Å². The third-order valence-electron chi connectivity index (χ3n) is 5.19. The number of alkyl halides is 1. The van der Waals surface area contributed by atoms with Crippen molar-refractivity contribution in [2.45, 2.75) is 51.4 Å². The van der Waals surface area contributed by atoms with Crippen molar-refractivity contribution in [1.29, 1.82) is 0 Å². The molecule has 154 valence electrons. The standard InChI is InChI=1S/C22H30BrFO3Si/c1-22(2,3)28(4,5)27-17-9-7-16(8-10-17)21(25)19-12-11-18(15-20(19)24)26-14-6-13-23/h7-12,15,21,25H,6,13-14H2,1-5H3. The Morgan fingerprint density at radius 2 is 1.68 bits per heavy atom. The molecule has 0 spiro atoms. The molecular weight excluding hydrogens is 439 g/mol. The summed E-state index contributed by atoms with van der Waals surface area (Å²) in [4.78, 5) is 0. The first-order chi connectivity index (χ1) is 13.0. The van der Waals surface area contributed by atoms with Crippen LogP contribution in [0.4, 0.5) is 4.39 Å². The van der Waals surface area contributed by atoms with E-state index in [-0.39, 0.29) is 10.6 Å². The molecule has 0 bridgehead atoms. The molecule has 2 aromatic carbocycles. The maximum atomic E-state index is 14.5. The fourth-order valence-corrected chi connectivity index (χ4v) is 3.67. The predicted molar refractivity (Wildman–Crippen MR) is 119 cm³/mol. The smallest absolute Gasteiger partial charge is 0.250 e. The Labute approximate surface area is 177 Å². The Morgan fingerprint density at radius 3 is 2.21 bits per heavy atom. The van der Waals surface area contributed by atoms with Crippen molar-refractivity contribution in [2.24, 2.45) is 0 Å². The molecule has 0 saturated heterocycles. The lowest BCUT2D eigenvalue weighted by molar-refractivity contribution is 0.214. The van der Waals surface area contributed by atoms with Crippen LogP contribution in [-0.2, 0) is 0 Å². The van der Waals surface area contributed by atoms with Crippen molar-refractivity contribution in [3.05, 3.63) is 59.4 Å². The van der Waals surface area contributed by atoms with Gasteiger partial charge < -0.3 is 14.3 Å². The number of aliphatic hydroxyl groups excluding tert-OH is 1. The summed E-state index contributed by atoms with van der Waals surface area (Å²) in [6.45, 7) is 11.5. The van der Waals surface area contributed by atoms with Gasteiger partial charge in [-0.05, 0) is 54.4 Å². The Kier molecular flexibility index (Phi) is 7.71. The van der Waals surface area contributed by atoms with Crippen LogP contribution in [0.15, 0.2) is 42.5 Å². The molecule has 0 aliphatic heterocycles. The molecule has 0 fully saturated rings. The number of ether oxygens (including phenoxy) is 1. The summed E-state index contributed by atoms with van der Waals surface area (Å²) in [5.41, 5.74) is 0.848. The number of aliphatic hydroxyl groups is 1. The van der Waals surface area contributed by atoms with E-state index in [0.717, 1.165) is 17.5 Å². The quantitative estimate of drug-likeness (QED) is 0.274. The van der Waals surface area contributed by atoms with Gasteiger partial charge >= 0.3 is 0 Å². The molecule has 1 atom stereocenters. The molecule has 2 rings (SSSR count). The lowest BCUT2D eigenvalue weighted by atomic mass is 10.0. The van der Waals surface area contributed by atoms with Gasteiger partial charge in [0.15, 0.2) is 0 Å². The summed E-state index contributed by atoms with van der Waals surface area (Å²) in [5, 5.41) is 11.5. The molecule has 2 aromatic rings. The number of hydrogen-bond acceptors (Lipinski definition) is 3. The maximum Gasteiger partial charge on any atom is 0.250 e. The average molecular weight is 469 g/mol. The summed E-state index contributed by atoms with van der Waals surface area (Å²) in [6, 6.07) is 11.8. The van der Waals surface area contributed by atoms with Gasteiger partial charge in [0.2, 0.25) is 8.32 Å². The topological polar surface area (TPSA) is 38.7 Å². The van der Waals surface area contributed by atoms with E-state index in [0.29, 0.717) is 17.9 Å². The molecule has 0 aliphatic rings. The third-order valence-corrected chi connectivity index (χ3v) is 10.1. The first kappa shape index (κ1) is 22.9. The number of hydrogen-bond donors (Lipinski definition) is 1. The van der Waals surface area contributed by atoms with Crippen molar-refractivity contribution in [2.75, 3.05) is 11.9 Å². The number of benzene rings is 2. The van der Waals surface area contributed by atoms with E-state index in [1.54, 1.807) is 24.3 Å². The highest BCUT2D eigenvalue weighted by atomic mass is 79.9. The van der Waals surface area contributed by atoms with Crippen LogP contribution in [0, 0.1) is 5.82 Å². The van der Waals surface area contributed by atoms with E-state index in [2.05, 4.69) is 49.8 Å². The number of rotatable bonds is 8. The Hall–Kier alpha value is -1.37. The lowest BCUT2D eigenvalue weighted by Crippen LogP contribution is -2.43. The molecule has 6 heteroatoms. The minimum Gasteiger partial charge on any atom is -0.544 e. The monoisotopic (exact) mass is 468 g/mol. The van der Waals surface area contributed by atoms with Crippen LogP contribution >= 0.6 is 15.9 Å². The Bertz CT molecular complexity index is 772. The Balaban J connectivity index is 2.11. The zero-order valence-corrected chi connectivity index (χ0v) is 19.8. The van der Waals surface area contributed by atoms with Crippen LogP contribution in [0.1, 0.15) is 44.4 Å². The number of halogens is 2. The van der Waals surface area contributed by atoms with Gasteiger partial charge in [-0.2, -0.15) is 0 Å². The fraction of sp³-hybridized carbons (Fsp3) is 0.455. The second-order valence-electron chi connectivity index (χ2n) is 8.41. The summed E-state index contributed by atoms with van der Waals surface area (Å²) in [5.74, 6) is 0.761. The van der Waals surface area contributed by atoms with Gasteiger partial charge in [-0.15, -0.1) is 0 Å². The SMILES string of the molecule is CC(C)(C)[Si](C)(C)Oc1ccc(C(O)c2ccc(OCCCBr)cc2F)cc1. The van der Waals surface area contributed by atoms with Crippen molar-refractivity contribution in [1.82, 2.24) is 0 Å². The van der Waals surface area contributed by atoms with Crippen LogP contribution in [-0.4, -0.2) is 25.4 Å². The Morgan fingerprint density at radius 1 is 1.07 bits per heavy atom. The van der Waals surface area contributed by atoms with Crippen LogP contribution in [0.3, 0.4) is 0 Å². The fourth-order valence-electron chi connectivity index (χ4n) is 2.41. The van der Waals surface area contributed by atoms with Gasteiger partial charge in [0.05, 0.1) is 6.61 Å². The molecule has 1 N–H and O–H groups in total. The zero-order chi connectivity index (χ0) is 20.9. The van der Waals surface area contributed by atoms with E-state index in [9.17, 15) is 9.50 Å². The van der Waals surface area contributed by atoms with Crippen molar-refractivity contribution >= 4 is 24.2 Å². The summed E-state index contributed by atoms with van der Waals surface area (Å²) < 4.78 is 26.2. The maximum absolute atomic E-state index is 14.5. The van der Waals surface area contributed by atoms with Crippen LogP contribution in [0.5, 0.6) is 11.5 Å². The largest absolute Gasteiger partial charge is 0.544 e. The van der Waals surface area contributed by atoms with Gasteiger partial charge in [0, 0.05) is 17.0 Å². The van der Waals surface area contributed by atoms with E-state index >= 15 is 0 Å². The highest BCUT2D eigenvalue weighted by Crippen LogP contribution is 2.37. The predicted octanol–water partition coefficient (Wildman–Crippen LogP) is 6.46. The highest BCUT2D eigenvalue weighted by Gasteiger charge is 2.38. The van der Waals surface area contributed by atoms with Crippen LogP contribution < -0.4 is 9.16 Å². The van der Waals surface area contributed by atoms with E-state index in [1.165, 1.54) is 6.07 Å². The van der Waals surface area contributed by atoms with Gasteiger partial charge in [-0.1, -0.05) is 48.8 Å². The summed E-state index contributed by atoms with van der Waals surface area (Å²) >= 11 is 3.33. The molecular formula is C22H30BrFO3Si. The molecule has 0 saturated carbocycles. The first-order valence-electron chi connectivity index (χ1n) is 9.50. The van der Waals surface area contributed by atoms with Crippen molar-refractivity contribution in [3.8, 4) is 11.5 Å². The minimum atomic E-state index is -1.92. The summed E-state index contributed by atoms with van der Waals surface area (Å²) in [7, 11) is -1.92. The third kappa shape index (κ3) is 5.81. The molecule has 3 nitrogen and oxygen atoms in total. The molecule has 1 unspecified atom stereocenters. The molecule has 0 aromatic heterocycles. The second kappa shape index (κ2) is 9.42. The van der Waals surface area contributed by atoms with Crippen molar-refractivity contribution in [3.63, 3.8) is 0 Å². The minimum absolute atomic E-state index is 0.104.